The Morgan fingerprint density at radius 3 is 1.26 bits per heavy atom. The van der Waals surface area contributed by atoms with Gasteiger partial charge in [-0.25, -0.2) is 8.42 Å². The highest BCUT2D eigenvalue weighted by molar-refractivity contribution is 7.98. The van der Waals surface area contributed by atoms with Gasteiger partial charge in [-0.05, 0) is 69.5 Å². The van der Waals surface area contributed by atoms with E-state index in [4.69, 9.17) is 30.1 Å². The van der Waals surface area contributed by atoms with Crippen molar-refractivity contribution in [3.63, 3.8) is 0 Å². The van der Waals surface area contributed by atoms with Gasteiger partial charge in [-0.2, -0.15) is 0 Å². The van der Waals surface area contributed by atoms with Crippen LogP contribution in [0, 0.1) is 0 Å². The van der Waals surface area contributed by atoms with Crippen molar-refractivity contribution in [1.29, 1.82) is 0 Å². The van der Waals surface area contributed by atoms with Crippen LogP contribution in [0.2, 0.25) is 0 Å². The SMILES string of the molecule is C.C.C.O=S(=O)(Cc1ccccc1)c1ccc(B(O)O)cc1.O=S(Cc1ccccc1)c1ccc(B(O)O)cc1.OB(O)c1ccc(SCc2ccccc2)cc1. The molecular formula is C42H51B3O9S3. The Kier molecular flexibility index (Phi) is 23.0. The second kappa shape index (κ2) is 25.9. The lowest BCUT2D eigenvalue weighted by atomic mass is 9.81. The summed E-state index contributed by atoms with van der Waals surface area (Å²) in [6, 6.07) is 48.1. The summed E-state index contributed by atoms with van der Waals surface area (Å²) in [7, 11) is -9.00. The molecule has 0 saturated carbocycles. The number of benzene rings is 6. The molecule has 0 fully saturated rings. The van der Waals surface area contributed by atoms with Gasteiger partial charge >= 0.3 is 21.4 Å². The third-order valence-corrected chi connectivity index (χ3v) is 11.9. The van der Waals surface area contributed by atoms with Crippen LogP contribution >= 0.6 is 11.8 Å². The molecule has 1 atom stereocenters. The van der Waals surface area contributed by atoms with Crippen LogP contribution in [-0.4, -0.2) is 64.1 Å². The van der Waals surface area contributed by atoms with E-state index in [1.807, 2.05) is 66.7 Å². The fourth-order valence-corrected chi connectivity index (χ4v) is 8.11. The summed E-state index contributed by atoms with van der Waals surface area (Å²) in [4.78, 5) is 1.97. The maximum atomic E-state index is 12.2. The second-order valence-corrected chi connectivity index (χ2v) is 16.3. The molecule has 0 aliphatic carbocycles. The molecule has 6 rings (SSSR count). The number of hydrogen-bond donors (Lipinski definition) is 6. The van der Waals surface area contributed by atoms with E-state index in [0.29, 0.717) is 27.1 Å². The molecule has 57 heavy (non-hydrogen) atoms. The highest BCUT2D eigenvalue weighted by atomic mass is 32.2. The lowest BCUT2D eigenvalue weighted by molar-refractivity contribution is 0.424. The second-order valence-electron chi connectivity index (χ2n) is 11.8. The van der Waals surface area contributed by atoms with Gasteiger partial charge in [0.1, 0.15) is 0 Å². The molecule has 0 saturated heterocycles. The first-order chi connectivity index (χ1) is 25.9. The molecule has 300 valence electrons. The number of thioether (sulfide) groups is 1. The van der Waals surface area contributed by atoms with E-state index in [1.165, 1.54) is 29.8 Å². The zero-order valence-corrected chi connectivity index (χ0v) is 31.5. The number of hydrogen-bond acceptors (Lipinski definition) is 10. The summed E-state index contributed by atoms with van der Waals surface area (Å²) < 4.78 is 36.4. The van der Waals surface area contributed by atoms with E-state index in [9.17, 15) is 12.6 Å². The topological polar surface area (TPSA) is 173 Å². The molecular weight excluding hydrogens is 777 g/mol. The van der Waals surface area contributed by atoms with Crippen molar-refractivity contribution in [3.8, 4) is 0 Å². The van der Waals surface area contributed by atoms with Gasteiger partial charge in [-0.15, -0.1) is 11.8 Å². The van der Waals surface area contributed by atoms with Gasteiger partial charge in [0.15, 0.2) is 9.84 Å². The minimum absolute atomic E-state index is 0. The summed E-state index contributed by atoms with van der Waals surface area (Å²) in [5.41, 5.74) is 4.20. The highest BCUT2D eigenvalue weighted by Crippen LogP contribution is 2.21. The normalized spacial score (nSPS) is 10.6. The minimum atomic E-state index is -3.42. The predicted octanol–water partition coefficient (Wildman–Crippen LogP) is 4.58. The van der Waals surface area contributed by atoms with Crippen molar-refractivity contribution in [2.75, 3.05) is 0 Å². The monoisotopic (exact) mass is 828 g/mol. The zero-order valence-electron chi connectivity index (χ0n) is 29.1. The quantitative estimate of drug-likeness (QED) is 0.0758. The lowest BCUT2D eigenvalue weighted by Crippen LogP contribution is -2.29. The summed E-state index contributed by atoms with van der Waals surface area (Å²) in [5, 5.41) is 53.8. The molecule has 0 bridgehead atoms. The summed E-state index contributed by atoms with van der Waals surface area (Å²) in [6.45, 7) is 0. The van der Waals surface area contributed by atoms with Gasteiger partial charge in [0, 0.05) is 15.5 Å². The summed E-state index contributed by atoms with van der Waals surface area (Å²) in [5.74, 6) is 1.30. The average molecular weight is 828 g/mol. The molecule has 0 radical (unpaired) electrons. The van der Waals surface area contributed by atoms with Crippen LogP contribution in [-0.2, 0) is 37.9 Å². The Labute approximate surface area is 346 Å². The predicted molar refractivity (Wildman–Crippen MR) is 239 cm³/mol. The van der Waals surface area contributed by atoms with E-state index >= 15 is 0 Å². The molecule has 15 heteroatoms. The fourth-order valence-electron chi connectivity index (χ4n) is 4.80. The summed E-state index contributed by atoms with van der Waals surface area (Å²) >= 11 is 1.73. The van der Waals surface area contributed by atoms with Gasteiger partial charge in [0.2, 0.25) is 0 Å². The molecule has 0 aliphatic heterocycles. The van der Waals surface area contributed by atoms with Crippen LogP contribution in [0.25, 0.3) is 0 Å². The molecule has 9 nitrogen and oxygen atoms in total. The van der Waals surface area contributed by atoms with Crippen LogP contribution in [0.15, 0.2) is 178 Å². The molecule has 0 aliphatic rings. The van der Waals surface area contributed by atoms with Crippen LogP contribution in [0.5, 0.6) is 0 Å². The first-order valence-corrected chi connectivity index (χ1v) is 20.6. The fraction of sp³-hybridized carbons (Fsp3) is 0.143. The Balaban J connectivity index is 0.000000417. The molecule has 0 amide bonds. The third-order valence-electron chi connectivity index (χ3n) is 7.75. The maximum absolute atomic E-state index is 12.2. The van der Waals surface area contributed by atoms with Gasteiger partial charge < -0.3 is 30.1 Å². The zero-order chi connectivity index (χ0) is 38.9. The minimum Gasteiger partial charge on any atom is -0.423 e. The Morgan fingerprint density at radius 1 is 0.474 bits per heavy atom. The largest absolute Gasteiger partial charge is 0.488 e. The van der Waals surface area contributed by atoms with E-state index in [0.717, 1.165) is 16.2 Å². The van der Waals surface area contributed by atoms with Crippen LogP contribution in [0.3, 0.4) is 0 Å². The molecule has 1 unspecified atom stereocenters. The maximum Gasteiger partial charge on any atom is 0.488 e. The highest BCUT2D eigenvalue weighted by Gasteiger charge is 2.17. The number of rotatable bonds is 12. The molecule has 6 N–H and O–H groups in total. The standard InChI is InChI=1S/C13H13BO4S.C13H13BO3S.C13H13BO2S.3CH4/c15-14(16)12-6-8-13(9-7-12)19(17,18)10-11-4-2-1-3-5-11;15-14(16)12-6-8-13(9-7-12)18(17)10-11-4-2-1-3-5-11;15-14(16)12-6-8-13(9-7-12)17-10-11-4-2-1-3-5-11;;;/h1-9,15-16H,10H2;1-9,15-16H,10H2;1-9,15-16H,10H2;3*1H4. The van der Waals surface area contributed by atoms with E-state index in [-0.39, 0.29) is 38.4 Å². The molecule has 6 aromatic rings. The molecule has 0 heterocycles. The Morgan fingerprint density at radius 2 is 0.842 bits per heavy atom. The van der Waals surface area contributed by atoms with Gasteiger partial charge in [0.25, 0.3) is 0 Å². The number of sulfone groups is 1. The van der Waals surface area contributed by atoms with Gasteiger partial charge in [-0.3, -0.25) is 4.21 Å². The van der Waals surface area contributed by atoms with E-state index < -0.39 is 42.0 Å². The van der Waals surface area contributed by atoms with Crippen LogP contribution < -0.4 is 16.4 Å². The van der Waals surface area contributed by atoms with Crippen LogP contribution in [0.1, 0.15) is 39.0 Å². The third kappa shape index (κ3) is 17.4. The molecule has 0 aromatic heterocycles. The van der Waals surface area contributed by atoms with Gasteiger partial charge in [-0.1, -0.05) is 150 Å². The Bertz CT molecular complexity index is 2110. The van der Waals surface area contributed by atoms with Crippen molar-refractivity contribution in [3.05, 3.63) is 180 Å². The van der Waals surface area contributed by atoms with Gasteiger partial charge in [0.05, 0.1) is 27.2 Å². The van der Waals surface area contributed by atoms with E-state index in [1.54, 1.807) is 72.4 Å². The average Bonchev–Trinajstić information content (AvgIpc) is 3.19. The lowest BCUT2D eigenvalue weighted by Gasteiger charge is -2.06. The summed E-state index contributed by atoms with van der Waals surface area (Å²) in [6.07, 6.45) is 0. The van der Waals surface area contributed by atoms with Crippen molar-refractivity contribution in [1.82, 2.24) is 0 Å². The van der Waals surface area contributed by atoms with Crippen molar-refractivity contribution < 1.29 is 42.8 Å². The van der Waals surface area contributed by atoms with Crippen molar-refractivity contribution in [2.45, 2.75) is 54.2 Å². The smallest absolute Gasteiger partial charge is 0.423 e. The molecule has 6 aromatic carbocycles. The van der Waals surface area contributed by atoms with Crippen molar-refractivity contribution in [2.24, 2.45) is 0 Å². The van der Waals surface area contributed by atoms with Crippen LogP contribution in [0.4, 0.5) is 0 Å². The first-order valence-electron chi connectivity index (χ1n) is 16.7. The Hall–Kier alpha value is -4.28. The van der Waals surface area contributed by atoms with Crippen molar-refractivity contribution >= 4 is 70.1 Å². The molecule has 0 spiro atoms. The first kappa shape index (κ1) is 50.7. The van der Waals surface area contributed by atoms with E-state index in [2.05, 4.69) is 12.1 Å².